The Morgan fingerprint density at radius 1 is 1.00 bits per heavy atom. The van der Waals surface area contributed by atoms with Crippen molar-refractivity contribution in [2.75, 3.05) is 0 Å². The van der Waals surface area contributed by atoms with E-state index in [1.54, 1.807) is 16.8 Å². The molecule has 2 aromatic heterocycles. The summed E-state index contributed by atoms with van der Waals surface area (Å²) in [7, 11) is 0. The number of benzene rings is 1. The lowest BCUT2D eigenvalue weighted by atomic mass is 10.2. The molecular weight excluding hydrogens is 224 g/mol. The van der Waals surface area contributed by atoms with Gasteiger partial charge in [-0.05, 0) is 36.6 Å². The molecule has 0 aliphatic carbocycles. The predicted octanol–water partition coefficient (Wildman–Crippen LogP) is 2.69. The second kappa shape index (κ2) is 4.11. The fraction of sp³-hybridized carbons (Fsp3) is 0.0667. The Morgan fingerprint density at radius 2 is 1.83 bits per heavy atom. The molecule has 3 nitrogen and oxygen atoms in total. The highest BCUT2D eigenvalue weighted by Crippen LogP contribution is 2.15. The molecule has 3 rings (SSSR count). The van der Waals surface area contributed by atoms with Crippen LogP contribution in [0.2, 0.25) is 0 Å². The number of fused-ring (bicyclic) bond motifs is 1. The first-order valence-electron chi connectivity index (χ1n) is 5.79. The molecule has 88 valence electrons. The zero-order valence-electron chi connectivity index (χ0n) is 10.00. The Hall–Kier alpha value is -2.42. The number of pyridine rings is 2. The minimum atomic E-state index is -0.0423. The van der Waals surface area contributed by atoms with E-state index >= 15 is 0 Å². The molecule has 0 unspecified atom stereocenters. The Balaban J connectivity index is 2.37. The highest BCUT2D eigenvalue weighted by atomic mass is 16.1. The smallest absolute Gasteiger partial charge is 0.255 e. The Morgan fingerprint density at radius 3 is 2.61 bits per heavy atom. The van der Waals surface area contributed by atoms with Crippen LogP contribution in [0, 0.1) is 6.92 Å². The van der Waals surface area contributed by atoms with Gasteiger partial charge in [-0.25, -0.2) is 0 Å². The zero-order valence-corrected chi connectivity index (χ0v) is 10.00. The van der Waals surface area contributed by atoms with Gasteiger partial charge in [0.25, 0.3) is 5.56 Å². The van der Waals surface area contributed by atoms with Crippen LogP contribution in [-0.4, -0.2) is 9.55 Å². The summed E-state index contributed by atoms with van der Waals surface area (Å²) in [5.41, 5.74) is 2.59. The van der Waals surface area contributed by atoms with Crippen molar-refractivity contribution in [2.45, 2.75) is 6.92 Å². The van der Waals surface area contributed by atoms with E-state index in [-0.39, 0.29) is 5.56 Å². The fourth-order valence-electron chi connectivity index (χ4n) is 2.05. The van der Waals surface area contributed by atoms with Gasteiger partial charge in [0.15, 0.2) is 0 Å². The van der Waals surface area contributed by atoms with E-state index in [0.29, 0.717) is 0 Å². The first kappa shape index (κ1) is 10.7. The highest BCUT2D eigenvalue weighted by Gasteiger charge is 2.04. The summed E-state index contributed by atoms with van der Waals surface area (Å²) in [6, 6.07) is 15.1. The van der Waals surface area contributed by atoms with Gasteiger partial charge in [0, 0.05) is 11.8 Å². The van der Waals surface area contributed by atoms with Crippen LogP contribution >= 0.6 is 0 Å². The highest BCUT2D eigenvalue weighted by molar-refractivity contribution is 5.80. The summed E-state index contributed by atoms with van der Waals surface area (Å²) >= 11 is 0. The molecule has 0 radical (unpaired) electrons. The van der Waals surface area contributed by atoms with Crippen LogP contribution in [0.25, 0.3) is 16.6 Å². The molecular formula is C15H12N2O. The molecule has 0 saturated heterocycles. The third kappa shape index (κ3) is 1.70. The maximum atomic E-state index is 12.1. The van der Waals surface area contributed by atoms with E-state index in [9.17, 15) is 4.79 Å². The Labute approximate surface area is 104 Å². The number of hydrogen-bond donors (Lipinski definition) is 0. The van der Waals surface area contributed by atoms with Gasteiger partial charge in [0.1, 0.15) is 0 Å². The summed E-state index contributed by atoms with van der Waals surface area (Å²) in [5.74, 6) is 0. The van der Waals surface area contributed by atoms with E-state index in [1.165, 1.54) is 0 Å². The van der Waals surface area contributed by atoms with E-state index in [2.05, 4.69) is 4.98 Å². The molecule has 18 heavy (non-hydrogen) atoms. The number of nitrogens with zero attached hydrogens (tertiary/aromatic N) is 2. The molecule has 0 amide bonds. The molecule has 0 bridgehead atoms. The quantitative estimate of drug-likeness (QED) is 0.651. The lowest BCUT2D eigenvalue weighted by Gasteiger charge is -2.09. The van der Waals surface area contributed by atoms with E-state index in [1.807, 2.05) is 49.4 Å². The molecule has 3 aromatic rings. The van der Waals surface area contributed by atoms with E-state index < -0.39 is 0 Å². The summed E-state index contributed by atoms with van der Waals surface area (Å²) in [5, 5.41) is 1.04. The van der Waals surface area contributed by atoms with Crippen LogP contribution in [0.1, 0.15) is 5.69 Å². The molecule has 3 heteroatoms. The normalized spacial score (nSPS) is 10.7. The van der Waals surface area contributed by atoms with Gasteiger partial charge >= 0.3 is 0 Å². The van der Waals surface area contributed by atoms with Crippen molar-refractivity contribution in [3.8, 4) is 5.69 Å². The van der Waals surface area contributed by atoms with Crippen molar-refractivity contribution < 1.29 is 0 Å². The van der Waals surface area contributed by atoms with Crippen LogP contribution in [0.3, 0.4) is 0 Å². The van der Waals surface area contributed by atoms with Gasteiger partial charge in [-0.15, -0.1) is 0 Å². The standard InChI is InChI=1S/C15H12N2O/c1-11-6-8-13(10-16-11)17-14-5-3-2-4-12(14)7-9-15(17)18/h2-10H,1H3. The summed E-state index contributed by atoms with van der Waals surface area (Å²) in [6.45, 7) is 1.93. The average molecular weight is 236 g/mol. The van der Waals surface area contributed by atoms with Gasteiger partial charge in [-0.3, -0.25) is 14.3 Å². The lowest BCUT2D eigenvalue weighted by molar-refractivity contribution is 1.02. The molecule has 0 aliphatic rings. The monoisotopic (exact) mass is 236 g/mol. The molecule has 0 atom stereocenters. The summed E-state index contributed by atoms with van der Waals surface area (Å²) in [4.78, 5) is 16.3. The topological polar surface area (TPSA) is 34.9 Å². The van der Waals surface area contributed by atoms with Crippen molar-refractivity contribution in [1.82, 2.24) is 9.55 Å². The Bertz CT molecular complexity index is 757. The molecule has 0 fully saturated rings. The second-order valence-corrected chi connectivity index (χ2v) is 4.22. The van der Waals surface area contributed by atoms with Gasteiger partial charge < -0.3 is 0 Å². The third-order valence-electron chi connectivity index (χ3n) is 2.96. The maximum Gasteiger partial charge on any atom is 0.255 e. The fourth-order valence-corrected chi connectivity index (χ4v) is 2.05. The van der Waals surface area contributed by atoms with Crippen LogP contribution in [0.15, 0.2) is 59.5 Å². The summed E-state index contributed by atoms with van der Waals surface area (Å²) in [6.07, 6.45) is 1.73. The first-order valence-corrected chi connectivity index (χ1v) is 5.79. The molecule has 1 aromatic carbocycles. The van der Waals surface area contributed by atoms with Crippen LogP contribution in [0.4, 0.5) is 0 Å². The first-order chi connectivity index (χ1) is 8.75. The predicted molar refractivity (Wildman–Crippen MR) is 72.1 cm³/mol. The molecule has 0 spiro atoms. The number of aryl methyl sites for hydroxylation is 1. The van der Waals surface area contributed by atoms with Gasteiger partial charge in [0.2, 0.25) is 0 Å². The number of para-hydroxylation sites is 1. The van der Waals surface area contributed by atoms with Crippen molar-refractivity contribution in [3.05, 3.63) is 70.8 Å². The molecule has 2 heterocycles. The molecule has 0 aliphatic heterocycles. The lowest BCUT2D eigenvalue weighted by Crippen LogP contribution is -2.17. The van der Waals surface area contributed by atoms with Crippen LogP contribution < -0.4 is 5.56 Å². The van der Waals surface area contributed by atoms with E-state index in [0.717, 1.165) is 22.3 Å². The van der Waals surface area contributed by atoms with Crippen molar-refractivity contribution in [2.24, 2.45) is 0 Å². The van der Waals surface area contributed by atoms with Crippen LogP contribution in [-0.2, 0) is 0 Å². The molecule has 0 saturated carbocycles. The largest absolute Gasteiger partial charge is 0.275 e. The third-order valence-corrected chi connectivity index (χ3v) is 2.96. The van der Waals surface area contributed by atoms with Crippen LogP contribution in [0.5, 0.6) is 0 Å². The van der Waals surface area contributed by atoms with Crippen molar-refractivity contribution in [1.29, 1.82) is 0 Å². The van der Waals surface area contributed by atoms with Gasteiger partial charge in [-0.1, -0.05) is 18.2 Å². The maximum absolute atomic E-state index is 12.1. The van der Waals surface area contributed by atoms with E-state index in [4.69, 9.17) is 0 Å². The minimum Gasteiger partial charge on any atom is -0.275 e. The molecule has 0 N–H and O–H groups in total. The van der Waals surface area contributed by atoms with Crippen molar-refractivity contribution >= 4 is 10.9 Å². The van der Waals surface area contributed by atoms with Crippen molar-refractivity contribution in [3.63, 3.8) is 0 Å². The number of rotatable bonds is 1. The van der Waals surface area contributed by atoms with Gasteiger partial charge in [-0.2, -0.15) is 0 Å². The second-order valence-electron chi connectivity index (χ2n) is 4.22. The zero-order chi connectivity index (χ0) is 12.5. The minimum absolute atomic E-state index is 0.0423. The summed E-state index contributed by atoms with van der Waals surface area (Å²) < 4.78 is 1.68. The van der Waals surface area contributed by atoms with Gasteiger partial charge in [0.05, 0.1) is 17.4 Å². The average Bonchev–Trinajstić information content (AvgIpc) is 2.40. The Kier molecular flexibility index (Phi) is 2.45. The SMILES string of the molecule is Cc1ccc(-n2c(=O)ccc3ccccc32)cn1. The number of aromatic nitrogens is 2. The number of hydrogen-bond acceptors (Lipinski definition) is 2.